The summed E-state index contributed by atoms with van der Waals surface area (Å²) in [7, 11) is 1.80. The Bertz CT molecular complexity index is 1050. The van der Waals surface area contributed by atoms with E-state index in [-0.39, 0.29) is 0 Å². The summed E-state index contributed by atoms with van der Waals surface area (Å²) in [5.74, 6) is 2.14. The Kier molecular flexibility index (Phi) is 8.11. The number of ether oxygens (including phenoxy) is 2. The van der Waals surface area contributed by atoms with E-state index in [1.165, 1.54) is 33.2 Å². The molecular weight excluding hydrogens is 408 g/mol. The first-order chi connectivity index (χ1) is 16.2. The molecule has 1 fully saturated rings. The number of aromatic amines is 1. The molecule has 0 spiro atoms. The van der Waals surface area contributed by atoms with Crippen LogP contribution in [0.25, 0.3) is 10.9 Å². The largest absolute Gasteiger partial charge is 0.496 e. The van der Waals surface area contributed by atoms with E-state index < -0.39 is 0 Å². The Hall–Kier alpha value is -2.72. The molecule has 2 N–H and O–H groups in total. The van der Waals surface area contributed by atoms with Crippen LogP contribution in [-0.2, 0) is 24.0 Å². The Morgan fingerprint density at radius 1 is 1.15 bits per heavy atom. The Morgan fingerprint density at radius 2 is 1.97 bits per heavy atom. The third-order valence-corrected chi connectivity index (χ3v) is 7.24. The number of aromatic nitrogens is 1. The number of rotatable bonds is 11. The predicted octanol–water partition coefficient (Wildman–Crippen LogP) is 6.16. The lowest BCUT2D eigenvalue weighted by molar-refractivity contribution is 0.0566. The number of hydrogen-bond acceptors (Lipinski definition) is 3. The van der Waals surface area contributed by atoms with Gasteiger partial charge in [0.25, 0.3) is 0 Å². The van der Waals surface area contributed by atoms with Crippen molar-refractivity contribution in [3.8, 4) is 5.75 Å². The fourth-order valence-corrected chi connectivity index (χ4v) is 5.44. The summed E-state index contributed by atoms with van der Waals surface area (Å²) in [5.41, 5.74) is 6.83. The summed E-state index contributed by atoms with van der Waals surface area (Å²) in [6.07, 6.45) is 10.4. The Balaban J connectivity index is 1.68. The number of H-pyrrole nitrogens is 1. The lowest BCUT2D eigenvalue weighted by Crippen LogP contribution is -2.24. The minimum atomic E-state index is 0.487. The van der Waals surface area contributed by atoms with Gasteiger partial charge in [-0.15, -0.1) is 0 Å². The number of para-hydroxylation sites is 1. The summed E-state index contributed by atoms with van der Waals surface area (Å²) in [6.45, 7) is 8.65. The van der Waals surface area contributed by atoms with Gasteiger partial charge >= 0.3 is 0 Å². The molecule has 1 aliphatic rings. The second-order valence-corrected chi connectivity index (χ2v) is 9.08. The second kappa shape index (κ2) is 11.4. The van der Waals surface area contributed by atoms with Crippen LogP contribution in [0.3, 0.4) is 0 Å². The van der Waals surface area contributed by atoms with Crippen molar-refractivity contribution < 1.29 is 9.47 Å². The SMILES string of the molecule is C=CNCCc1cc(CC)c(OC)cc1C(CCc1c[nH]c2ccccc12)C1CCOCC1. The van der Waals surface area contributed by atoms with Gasteiger partial charge in [0.2, 0.25) is 0 Å². The van der Waals surface area contributed by atoms with Crippen molar-refractivity contribution in [1.29, 1.82) is 0 Å². The Morgan fingerprint density at radius 3 is 2.73 bits per heavy atom. The van der Waals surface area contributed by atoms with E-state index in [2.05, 4.69) is 66.4 Å². The van der Waals surface area contributed by atoms with E-state index in [0.717, 1.165) is 64.0 Å². The molecular formula is C29H38N2O2. The van der Waals surface area contributed by atoms with Crippen molar-refractivity contribution >= 4 is 10.9 Å². The monoisotopic (exact) mass is 446 g/mol. The number of benzene rings is 2. The molecule has 1 aromatic heterocycles. The summed E-state index contributed by atoms with van der Waals surface area (Å²) < 4.78 is 11.6. The first kappa shape index (κ1) is 23.4. The van der Waals surface area contributed by atoms with Crippen LogP contribution in [0.5, 0.6) is 5.75 Å². The Labute approximate surface area is 198 Å². The van der Waals surface area contributed by atoms with Gasteiger partial charge in [-0.3, -0.25) is 0 Å². The van der Waals surface area contributed by atoms with Gasteiger partial charge in [0, 0.05) is 36.9 Å². The normalized spacial score (nSPS) is 15.5. The zero-order chi connectivity index (χ0) is 23.0. The molecule has 1 aliphatic heterocycles. The minimum absolute atomic E-state index is 0.487. The first-order valence-electron chi connectivity index (χ1n) is 12.4. The third-order valence-electron chi connectivity index (χ3n) is 7.24. The van der Waals surface area contributed by atoms with E-state index in [1.54, 1.807) is 13.3 Å². The fraction of sp³-hybridized carbons (Fsp3) is 0.448. The second-order valence-electron chi connectivity index (χ2n) is 9.08. The molecule has 4 heteroatoms. The number of fused-ring (bicyclic) bond motifs is 1. The van der Waals surface area contributed by atoms with E-state index in [4.69, 9.17) is 9.47 Å². The molecule has 2 aromatic carbocycles. The maximum Gasteiger partial charge on any atom is 0.122 e. The molecule has 4 nitrogen and oxygen atoms in total. The van der Waals surface area contributed by atoms with E-state index >= 15 is 0 Å². The van der Waals surface area contributed by atoms with Crippen molar-refractivity contribution in [2.45, 2.75) is 51.4 Å². The van der Waals surface area contributed by atoms with Crippen LogP contribution in [0, 0.1) is 5.92 Å². The summed E-state index contributed by atoms with van der Waals surface area (Å²) in [6, 6.07) is 13.4. The molecule has 0 saturated carbocycles. The van der Waals surface area contributed by atoms with Crippen molar-refractivity contribution in [3.63, 3.8) is 0 Å². The number of hydrogen-bond donors (Lipinski definition) is 2. The predicted molar refractivity (Wildman–Crippen MR) is 137 cm³/mol. The van der Waals surface area contributed by atoms with Crippen LogP contribution >= 0.6 is 0 Å². The van der Waals surface area contributed by atoms with Gasteiger partial charge in [-0.05, 0) is 90.9 Å². The molecule has 1 atom stereocenters. The van der Waals surface area contributed by atoms with Crippen molar-refractivity contribution in [2.75, 3.05) is 26.9 Å². The molecule has 2 heterocycles. The molecule has 1 saturated heterocycles. The summed E-state index contributed by atoms with van der Waals surface area (Å²) in [4.78, 5) is 3.45. The van der Waals surface area contributed by atoms with E-state index in [1.807, 2.05) is 0 Å². The summed E-state index contributed by atoms with van der Waals surface area (Å²) >= 11 is 0. The maximum absolute atomic E-state index is 5.84. The average Bonchev–Trinajstić information content (AvgIpc) is 3.28. The molecule has 0 bridgehead atoms. The van der Waals surface area contributed by atoms with Crippen LogP contribution in [0.15, 0.2) is 55.4 Å². The molecule has 0 radical (unpaired) electrons. The third kappa shape index (κ3) is 5.44. The zero-order valence-corrected chi connectivity index (χ0v) is 20.2. The lowest BCUT2D eigenvalue weighted by atomic mass is 9.75. The zero-order valence-electron chi connectivity index (χ0n) is 20.2. The van der Waals surface area contributed by atoms with Gasteiger partial charge in [0.1, 0.15) is 5.75 Å². The molecule has 0 amide bonds. The van der Waals surface area contributed by atoms with E-state index in [9.17, 15) is 0 Å². The molecule has 176 valence electrons. The number of nitrogens with one attached hydrogen (secondary N) is 2. The minimum Gasteiger partial charge on any atom is -0.496 e. The van der Waals surface area contributed by atoms with Gasteiger partial charge < -0.3 is 19.8 Å². The highest BCUT2D eigenvalue weighted by Crippen LogP contribution is 2.40. The van der Waals surface area contributed by atoms with Crippen LogP contribution in [0.1, 0.15) is 54.4 Å². The topological polar surface area (TPSA) is 46.3 Å². The summed E-state index contributed by atoms with van der Waals surface area (Å²) in [5, 5.41) is 4.64. The van der Waals surface area contributed by atoms with Crippen LogP contribution in [-0.4, -0.2) is 31.9 Å². The van der Waals surface area contributed by atoms with Gasteiger partial charge in [0.05, 0.1) is 7.11 Å². The van der Waals surface area contributed by atoms with Crippen molar-refractivity contribution in [1.82, 2.24) is 10.3 Å². The lowest BCUT2D eigenvalue weighted by Gasteiger charge is -2.33. The van der Waals surface area contributed by atoms with Crippen LogP contribution in [0.2, 0.25) is 0 Å². The van der Waals surface area contributed by atoms with E-state index in [0.29, 0.717) is 11.8 Å². The fourth-order valence-electron chi connectivity index (χ4n) is 5.44. The molecule has 4 rings (SSSR count). The molecule has 33 heavy (non-hydrogen) atoms. The van der Waals surface area contributed by atoms with Gasteiger partial charge in [0.15, 0.2) is 0 Å². The highest BCUT2D eigenvalue weighted by atomic mass is 16.5. The molecule has 0 aliphatic carbocycles. The maximum atomic E-state index is 5.84. The number of methoxy groups -OCH3 is 1. The quantitative estimate of drug-likeness (QED) is 0.347. The van der Waals surface area contributed by atoms with Gasteiger partial charge in [-0.25, -0.2) is 0 Å². The van der Waals surface area contributed by atoms with Crippen molar-refractivity contribution in [2.24, 2.45) is 5.92 Å². The molecule has 1 unspecified atom stereocenters. The van der Waals surface area contributed by atoms with Crippen molar-refractivity contribution in [3.05, 3.63) is 77.6 Å². The standard InChI is InChI=1S/C29H38N2O2/c1-4-21-18-23(12-15-30-5-2)27(19-29(21)32-3)25(22-13-16-33-17-14-22)11-10-24-20-31-28-9-7-6-8-26(24)28/h5-9,18-20,22,25,30-31H,2,4,10-17H2,1,3H3. The van der Waals surface area contributed by atoms with Gasteiger partial charge in [-0.2, -0.15) is 0 Å². The highest BCUT2D eigenvalue weighted by molar-refractivity contribution is 5.83. The van der Waals surface area contributed by atoms with Crippen LogP contribution in [0.4, 0.5) is 0 Å². The smallest absolute Gasteiger partial charge is 0.122 e. The first-order valence-corrected chi connectivity index (χ1v) is 12.4. The van der Waals surface area contributed by atoms with Crippen LogP contribution < -0.4 is 10.1 Å². The number of aryl methyl sites for hydroxylation is 2. The average molecular weight is 447 g/mol. The highest BCUT2D eigenvalue weighted by Gasteiger charge is 2.28. The molecule has 3 aromatic rings. The van der Waals surface area contributed by atoms with Gasteiger partial charge in [-0.1, -0.05) is 37.8 Å².